The summed E-state index contributed by atoms with van der Waals surface area (Å²) in [4.78, 5) is 0. The third-order valence-corrected chi connectivity index (χ3v) is 8.99. The van der Waals surface area contributed by atoms with Crippen molar-refractivity contribution in [3.05, 3.63) is 85.0 Å². The maximum Gasteiger partial charge on any atom is 0.0326 e. The van der Waals surface area contributed by atoms with Crippen molar-refractivity contribution >= 4 is 16.7 Å². The second kappa shape index (κ2) is 2.69. The van der Waals surface area contributed by atoms with Gasteiger partial charge >= 0.3 is 0 Å². The number of allylic oxidation sites excluding steroid dienone is 12. The van der Waals surface area contributed by atoms with Gasteiger partial charge in [0.05, 0.1) is 0 Å². The van der Waals surface area contributed by atoms with Crippen molar-refractivity contribution in [3.63, 3.8) is 0 Å². The Hall–Kier alpha value is -2.34. The lowest BCUT2D eigenvalue weighted by atomic mass is 9.67. The maximum absolute atomic E-state index is 2.62. The Morgan fingerprint density at radius 1 is 0.600 bits per heavy atom. The molecule has 0 fully saturated rings. The molecule has 0 N–H and O–H groups in total. The molecule has 9 aliphatic rings. The number of benzene rings is 1. The van der Waals surface area contributed by atoms with Crippen LogP contribution in [0.4, 0.5) is 0 Å². The lowest BCUT2D eigenvalue weighted by Gasteiger charge is -2.36. The molecule has 25 heavy (non-hydrogen) atoms. The van der Waals surface area contributed by atoms with Crippen LogP contribution >= 0.6 is 0 Å². The zero-order valence-corrected chi connectivity index (χ0v) is 13.8. The van der Waals surface area contributed by atoms with E-state index in [0.29, 0.717) is 17.8 Å². The normalized spacial score (nSPS) is 36.0. The molecule has 0 saturated heterocycles. The lowest BCUT2D eigenvalue weighted by Crippen LogP contribution is -2.23. The molecule has 0 spiro atoms. The highest BCUT2D eigenvalue weighted by Gasteiger charge is 2.60. The number of hydrogen-bond donors (Lipinski definition) is 0. The molecule has 0 saturated carbocycles. The highest BCUT2D eigenvalue weighted by Crippen LogP contribution is 2.76. The van der Waals surface area contributed by atoms with Gasteiger partial charge in [0.1, 0.15) is 0 Å². The first-order valence-corrected chi connectivity index (χ1v) is 9.97. The van der Waals surface area contributed by atoms with Gasteiger partial charge in [-0.15, -0.1) is 0 Å². The van der Waals surface area contributed by atoms with Crippen LogP contribution in [0.1, 0.15) is 64.5 Å². The molecule has 0 heterocycles. The summed E-state index contributed by atoms with van der Waals surface area (Å²) in [5, 5.41) is 0. The SMILES string of the molecule is C1=C2C3=C(C1)C1C4=CCC5=C4c4c1c3c1c3c4C5C4=CCC(=C43)C2C1. The highest BCUT2D eigenvalue weighted by atomic mass is 14.6. The fourth-order valence-electron chi connectivity index (χ4n) is 8.55. The van der Waals surface area contributed by atoms with E-state index in [2.05, 4.69) is 18.2 Å². The Morgan fingerprint density at radius 2 is 1.16 bits per heavy atom. The van der Waals surface area contributed by atoms with Crippen molar-refractivity contribution in [2.45, 2.75) is 37.5 Å². The van der Waals surface area contributed by atoms with E-state index < -0.39 is 0 Å². The minimum absolute atomic E-state index is 0.642. The van der Waals surface area contributed by atoms with Crippen LogP contribution in [0.3, 0.4) is 0 Å². The zero-order chi connectivity index (χ0) is 15.3. The average molecular weight is 314 g/mol. The lowest BCUT2D eigenvalue weighted by molar-refractivity contribution is 0.689. The molecule has 0 aliphatic heterocycles. The van der Waals surface area contributed by atoms with Crippen LogP contribution < -0.4 is 0 Å². The number of rotatable bonds is 0. The van der Waals surface area contributed by atoms with E-state index >= 15 is 0 Å². The molecular formula is C25H14. The van der Waals surface area contributed by atoms with Crippen molar-refractivity contribution in [2.24, 2.45) is 5.92 Å². The molecule has 1 aromatic carbocycles. The summed E-state index contributed by atoms with van der Waals surface area (Å²) >= 11 is 0. The topological polar surface area (TPSA) is 0 Å². The van der Waals surface area contributed by atoms with E-state index in [-0.39, 0.29) is 0 Å². The quantitative estimate of drug-likeness (QED) is 0.606. The van der Waals surface area contributed by atoms with Gasteiger partial charge in [-0.05, 0) is 104 Å². The maximum atomic E-state index is 2.62. The van der Waals surface area contributed by atoms with E-state index in [9.17, 15) is 0 Å². The summed E-state index contributed by atoms with van der Waals surface area (Å²) in [5.41, 5.74) is 26.2. The van der Waals surface area contributed by atoms with Gasteiger partial charge in [0.25, 0.3) is 0 Å². The minimum atomic E-state index is 0.642. The summed E-state index contributed by atoms with van der Waals surface area (Å²) in [6, 6.07) is 0. The van der Waals surface area contributed by atoms with Crippen LogP contribution in [-0.2, 0) is 6.42 Å². The van der Waals surface area contributed by atoms with Crippen molar-refractivity contribution in [1.82, 2.24) is 0 Å². The molecule has 0 heteroatoms. The summed E-state index contributed by atoms with van der Waals surface area (Å²) in [6.45, 7) is 0. The molecule has 0 amide bonds. The third-order valence-electron chi connectivity index (χ3n) is 8.99. The van der Waals surface area contributed by atoms with E-state index in [1.807, 2.05) is 0 Å². The molecule has 1 aromatic rings. The largest absolute Gasteiger partial charge is 0.0759 e. The monoisotopic (exact) mass is 314 g/mol. The molecule has 10 rings (SSSR count). The first-order valence-electron chi connectivity index (χ1n) is 9.97. The van der Waals surface area contributed by atoms with Gasteiger partial charge in [-0.3, -0.25) is 0 Å². The Morgan fingerprint density at radius 3 is 1.88 bits per heavy atom. The second-order valence-corrected chi connectivity index (χ2v) is 9.35. The van der Waals surface area contributed by atoms with Crippen molar-refractivity contribution in [1.29, 1.82) is 0 Å². The fourth-order valence-corrected chi connectivity index (χ4v) is 8.55. The Balaban J connectivity index is 1.60. The standard InChI is InChI=1S/C25H14/c1-3-10-16-8(1)14-7-15-21(16)23-18(10)12-5-6-13-19-11-4-2-9(14)17(11)22(15)24(19)25(23)20(12)13/h1,4-5,14,18-19H,2-3,6-7H2. The highest BCUT2D eigenvalue weighted by molar-refractivity contribution is 6.15. The van der Waals surface area contributed by atoms with Gasteiger partial charge in [-0.25, -0.2) is 0 Å². The van der Waals surface area contributed by atoms with Crippen LogP contribution in [0.15, 0.2) is 51.7 Å². The van der Waals surface area contributed by atoms with Crippen molar-refractivity contribution in [2.75, 3.05) is 0 Å². The van der Waals surface area contributed by atoms with Crippen LogP contribution in [0.25, 0.3) is 16.7 Å². The van der Waals surface area contributed by atoms with Gasteiger partial charge in [0.2, 0.25) is 0 Å². The van der Waals surface area contributed by atoms with Crippen molar-refractivity contribution in [3.8, 4) is 0 Å². The predicted molar refractivity (Wildman–Crippen MR) is 98.0 cm³/mol. The predicted octanol–water partition coefficient (Wildman–Crippen LogP) is 5.35. The molecule has 0 radical (unpaired) electrons. The van der Waals surface area contributed by atoms with Gasteiger partial charge < -0.3 is 0 Å². The fraction of sp³-hybridized carbons (Fsp3) is 0.280. The Bertz CT molecular complexity index is 1320. The molecule has 2 bridgehead atoms. The summed E-state index contributed by atoms with van der Waals surface area (Å²) in [5.74, 6) is 1.99. The number of fused-ring (bicyclic) bond motifs is 7. The smallest absolute Gasteiger partial charge is 0.0326 e. The minimum Gasteiger partial charge on any atom is -0.0759 e. The van der Waals surface area contributed by atoms with Crippen LogP contribution in [0.2, 0.25) is 0 Å². The van der Waals surface area contributed by atoms with Crippen molar-refractivity contribution < 1.29 is 0 Å². The summed E-state index contributed by atoms with van der Waals surface area (Å²) in [7, 11) is 0. The summed E-state index contributed by atoms with van der Waals surface area (Å²) in [6.07, 6.45) is 12.8. The van der Waals surface area contributed by atoms with Gasteiger partial charge in [-0.2, -0.15) is 0 Å². The van der Waals surface area contributed by atoms with Gasteiger partial charge in [0.15, 0.2) is 0 Å². The summed E-state index contributed by atoms with van der Waals surface area (Å²) < 4.78 is 0. The van der Waals surface area contributed by atoms with Crippen LogP contribution in [0.5, 0.6) is 0 Å². The average Bonchev–Trinajstić information content (AvgIpc) is 3.37. The van der Waals surface area contributed by atoms with E-state index in [1.54, 1.807) is 83.5 Å². The molecule has 114 valence electrons. The zero-order valence-electron chi connectivity index (χ0n) is 13.8. The molecular weight excluding hydrogens is 300 g/mol. The van der Waals surface area contributed by atoms with E-state index in [4.69, 9.17) is 0 Å². The molecule has 0 nitrogen and oxygen atoms in total. The second-order valence-electron chi connectivity index (χ2n) is 9.35. The van der Waals surface area contributed by atoms with Crippen LogP contribution in [0, 0.1) is 5.92 Å². The third kappa shape index (κ3) is 0.709. The Labute approximate surface area is 145 Å². The first-order chi connectivity index (χ1) is 12.4. The first kappa shape index (κ1) is 10.6. The molecule has 3 atom stereocenters. The van der Waals surface area contributed by atoms with Crippen LogP contribution in [-0.4, -0.2) is 0 Å². The molecule has 3 unspecified atom stereocenters. The molecule has 9 aliphatic carbocycles. The Kier molecular flexibility index (Phi) is 1.14. The molecule has 0 aromatic heterocycles. The number of hydrogen-bond acceptors (Lipinski definition) is 0. The van der Waals surface area contributed by atoms with Gasteiger partial charge in [0, 0.05) is 17.8 Å². The van der Waals surface area contributed by atoms with E-state index in [0.717, 1.165) is 0 Å². The van der Waals surface area contributed by atoms with E-state index in [1.165, 1.54) is 25.7 Å². The van der Waals surface area contributed by atoms with Gasteiger partial charge in [-0.1, -0.05) is 23.8 Å².